The standard InChI is InChI=1S/C14H29NO3/c1-12(16)13(2,3)11-17-9-10-18-14(4,5)7-8-15-6/h15H,7-11H2,1-6H3. The first-order chi connectivity index (χ1) is 8.21. The van der Waals surface area contributed by atoms with Crippen LogP contribution in [0.4, 0.5) is 0 Å². The maximum atomic E-state index is 11.3. The third-order valence-electron chi connectivity index (χ3n) is 3.11. The van der Waals surface area contributed by atoms with Crippen LogP contribution in [0.3, 0.4) is 0 Å². The van der Waals surface area contributed by atoms with E-state index in [4.69, 9.17) is 9.47 Å². The van der Waals surface area contributed by atoms with E-state index in [2.05, 4.69) is 19.2 Å². The zero-order valence-corrected chi connectivity index (χ0v) is 12.8. The lowest BCUT2D eigenvalue weighted by atomic mass is 9.90. The van der Waals surface area contributed by atoms with Crippen LogP contribution in [-0.4, -0.2) is 44.8 Å². The van der Waals surface area contributed by atoms with Crippen LogP contribution in [0, 0.1) is 5.41 Å². The molecule has 0 bridgehead atoms. The topological polar surface area (TPSA) is 47.6 Å². The normalized spacial score (nSPS) is 12.8. The molecule has 0 aliphatic rings. The number of hydrogen-bond acceptors (Lipinski definition) is 4. The molecule has 0 saturated heterocycles. The number of ether oxygens (including phenoxy) is 2. The van der Waals surface area contributed by atoms with Crippen molar-refractivity contribution in [1.29, 1.82) is 0 Å². The summed E-state index contributed by atoms with van der Waals surface area (Å²) < 4.78 is 11.3. The van der Waals surface area contributed by atoms with E-state index in [-0.39, 0.29) is 11.4 Å². The van der Waals surface area contributed by atoms with E-state index in [1.807, 2.05) is 20.9 Å². The molecule has 1 N–H and O–H groups in total. The summed E-state index contributed by atoms with van der Waals surface area (Å²) in [5.41, 5.74) is -0.538. The van der Waals surface area contributed by atoms with E-state index in [9.17, 15) is 4.79 Å². The maximum Gasteiger partial charge on any atom is 0.137 e. The molecule has 4 heteroatoms. The molecule has 0 aliphatic heterocycles. The number of Topliss-reactive ketones (excluding diaryl/α,β-unsaturated/α-hetero) is 1. The van der Waals surface area contributed by atoms with Crippen molar-refractivity contribution in [3.8, 4) is 0 Å². The Balaban J connectivity index is 3.71. The molecule has 0 spiro atoms. The average Bonchev–Trinajstić information content (AvgIpc) is 2.25. The van der Waals surface area contributed by atoms with Crippen molar-refractivity contribution in [2.45, 2.75) is 46.6 Å². The predicted octanol–water partition coefficient (Wildman–Crippen LogP) is 2.02. The van der Waals surface area contributed by atoms with Crippen LogP contribution in [0.15, 0.2) is 0 Å². The van der Waals surface area contributed by atoms with Crippen molar-refractivity contribution in [2.75, 3.05) is 33.4 Å². The summed E-state index contributed by atoms with van der Waals surface area (Å²) >= 11 is 0. The molecule has 0 fully saturated rings. The summed E-state index contributed by atoms with van der Waals surface area (Å²) in [4.78, 5) is 11.3. The summed E-state index contributed by atoms with van der Waals surface area (Å²) in [5, 5.41) is 3.11. The van der Waals surface area contributed by atoms with Crippen LogP contribution in [0.1, 0.15) is 41.0 Å². The van der Waals surface area contributed by atoms with Crippen LogP contribution in [0.2, 0.25) is 0 Å². The molecule has 0 atom stereocenters. The Morgan fingerprint density at radius 1 is 1.17 bits per heavy atom. The van der Waals surface area contributed by atoms with Crippen molar-refractivity contribution in [3.63, 3.8) is 0 Å². The van der Waals surface area contributed by atoms with Gasteiger partial charge >= 0.3 is 0 Å². The first-order valence-corrected chi connectivity index (χ1v) is 6.58. The highest BCUT2D eigenvalue weighted by molar-refractivity contribution is 5.81. The van der Waals surface area contributed by atoms with E-state index < -0.39 is 5.41 Å². The summed E-state index contributed by atoms with van der Waals surface area (Å²) in [6.45, 7) is 12.0. The van der Waals surface area contributed by atoms with Gasteiger partial charge in [-0.1, -0.05) is 13.8 Å². The number of rotatable bonds is 10. The van der Waals surface area contributed by atoms with Crippen molar-refractivity contribution in [1.82, 2.24) is 5.32 Å². The Bertz CT molecular complexity index is 249. The number of carbonyl (C=O) groups is 1. The second-order valence-corrected chi connectivity index (χ2v) is 5.95. The lowest BCUT2D eigenvalue weighted by molar-refractivity contribution is -0.129. The molecule has 4 nitrogen and oxygen atoms in total. The molecule has 0 saturated carbocycles. The lowest BCUT2D eigenvalue weighted by Gasteiger charge is -2.26. The fraction of sp³-hybridized carbons (Fsp3) is 0.929. The second kappa shape index (κ2) is 7.87. The fourth-order valence-electron chi connectivity index (χ4n) is 1.30. The molecule has 0 radical (unpaired) electrons. The Kier molecular flexibility index (Phi) is 7.67. The van der Waals surface area contributed by atoms with Gasteiger partial charge in [0.25, 0.3) is 0 Å². The van der Waals surface area contributed by atoms with E-state index in [0.29, 0.717) is 19.8 Å². The van der Waals surface area contributed by atoms with Crippen LogP contribution >= 0.6 is 0 Å². The van der Waals surface area contributed by atoms with Gasteiger partial charge in [0, 0.05) is 5.41 Å². The monoisotopic (exact) mass is 259 g/mol. The molecule has 0 aromatic heterocycles. The summed E-state index contributed by atoms with van der Waals surface area (Å²) in [6.07, 6.45) is 0.961. The minimum Gasteiger partial charge on any atom is -0.378 e. The molecule has 0 amide bonds. The van der Waals surface area contributed by atoms with Gasteiger partial charge < -0.3 is 14.8 Å². The van der Waals surface area contributed by atoms with Gasteiger partial charge in [-0.05, 0) is 40.8 Å². The highest BCUT2D eigenvalue weighted by atomic mass is 16.5. The number of hydrogen-bond donors (Lipinski definition) is 1. The molecule has 18 heavy (non-hydrogen) atoms. The molecular weight excluding hydrogens is 230 g/mol. The minimum absolute atomic E-state index is 0.136. The Hall–Kier alpha value is -0.450. The highest BCUT2D eigenvalue weighted by Crippen LogP contribution is 2.17. The van der Waals surface area contributed by atoms with Crippen LogP contribution < -0.4 is 5.32 Å². The zero-order valence-electron chi connectivity index (χ0n) is 12.8. The first-order valence-electron chi connectivity index (χ1n) is 6.58. The largest absolute Gasteiger partial charge is 0.378 e. The first kappa shape index (κ1) is 17.6. The molecule has 0 unspecified atom stereocenters. The van der Waals surface area contributed by atoms with Crippen LogP contribution in [0.5, 0.6) is 0 Å². The quantitative estimate of drug-likeness (QED) is 0.610. The van der Waals surface area contributed by atoms with E-state index >= 15 is 0 Å². The van der Waals surface area contributed by atoms with Crippen molar-refractivity contribution >= 4 is 5.78 Å². The van der Waals surface area contributed by atoms with Gasteiger partial charge in [-0.2, -0.15) is 0 Å². The van der Waals surface area contributed by atoms with Gasteiger partial charge in [-0.25, -0.2) is 0 Å². The van der Waals surface area contributed by atoms with Crippen molar-refractivity contribution in [2.24, 2.45) is 5.41 Å². The Labute approximate surface area is 111 Å². The van der Waals surface area contributed by atoms with E-state index in [1.54, 1.807) is 6.92 Å². The van der Waals surface area contributed by atoms with E-state index in [1.165, 1.54) is 0 Å². The van der Waals surface area contributed by atoms with Gasteiger partial charge in [0.15, 0.2) is 0 Å². The van der Waals surface area contributed by atoms with Gasteiger partial charge in [-0.3, -0.25) is 4.79 Å². The van der Waals surface area contributed by atoms with E-state index in [0.717, 1.165) is 13.0 Å². The van der Waals surface area contributed by atoms with Crippen molar-refractivity contribution < 1.29 is 14.3 Å². The van der Waals surface area contributed by atoms with Gasteiger partial charge in [-0.15, -0.1) is 0 Å². The maximum absolute atomic E-state index is 11.3. The molecule has 0 rings (SSSR count). The molecule has 108 valence electrons. The predicted molar refractivity (Wildman–Crippen MR) is 73.9 cm³/mol. The zero-order chi connectivity index (χ0) is 14.2. The molecule has 0 aromatic carbocycles. The molecule has 0 aliphatic carbocycles. The third kappa shape index (κ3) is 7.80. The van der Waals surface area contributed by atoms with Gasteiger partial charge in [0.1, 0.15) is 5.78 Å². The summed E-state index contributed by atoms with van der Waals surface area (Å²) in [5.74, 6) is 0.151. The summed E-state index contributed by atoms with van der Waals surface area (Å²) in [7, 11) is 1.93. The third-order valence-corrected chi connectivity index (χ3v) is 3.11. The molecular formula is C14H29NO3. The summed E-state index contributed by atoms with van der Waals surface area (Å²) in [6, 6.07) is 0. The average molecular weight is 259 g/mol. The fourth-order valence-corrected chi connectivity index (χ4v) is 1.30. The van der Waals surface area contributed by atoms with Crippen molar-refractivity contribution in [3.05, 3.63) is 0 Å². The van der Waals surface area contributed by atoms with Gasteiger partial charge in [0.2, 0.25) is 0 Å². The minimum atomic E-state index is -0.401. The smallest absolute Gasteiger partial charge is 0.137 e. The number of carbonyl (C=O) groups excluding carboxylic acids is 1. The number of ketones is 1. The molecule has 0 heterocycles. The van der Waals surface area contributed by atoms with Gasteiger partial charge in [0.05, 0.1) is 25.4 Å². The highest BCUT2D eigenvalue weighted by Gasteiger charge is 2.24. The lowest BCUT2D eigenvalue weighted by Crippen LogP contribution is -2.31. The van der Waals surface area contributed by atoms with Crippen LogP contribution in [0.25, 0.3) is 0 Å². The SMILES string of the molecule is CNCCC(C)(C)OCCOCC(C)(C)C(C)=O. The molecule has 0 aromatic rings. The van der Waals surface area contributed by atoms with Crippen LogP contribution in [-0.2, 0) is 14.3 Å². The second-order valence-electron chi connectivity index (χ2n) is 5.95. The Morgan fingerprint density at radius 2 is 1.78 bits per heavy atom. The number of nitrogens with one attached hydrogen (secondary N) is 1. The Morgan fingerprint density at radius 3 is 2.28 bits per heavy atom.